The lowest BCUT2D eigenvalue weighted by Crippen LogP contribution is -2.35. The Morgan fingerprint density at radius 1 is 1.60 bits per heavy atom. The Hall–Kier alpha value is -1.30. The highest BCUT2D eigenvalue weighted by Crippen LogP contribution is 2.21. The Kier molecular flexibility index (Phi) is 5.23. The Balaban J connectivity index is 1.91. The molecule has 1 atom stereocenters. The summed E-state index contributed by atoms with van der Waals surface area (Å²) >= 11 is 5.74. The molecular weight excluding hydrogens is 280 g/mol. The summed E-state index contributed by atoms with van der Waals surface area (Å²) in [6, 6.07) is 4.46. The molecule has 0 spiro atoms. The van der Waals surface area contributed by atoms with Crippen LogP contribution in [-0.2, 0) is 4.74 Å². The smallest absolute Gasteiger partial charge is 0.255 e. The third-order valence-corrected chi connectivity index (χ3v) is 3.53. The number of carbonyl (C=O) groups is 1. The fourth-order valence-electron chi connectivity index (χ4n) is 2.21. The summed E-state index contributed by atoms with van der Waals surface area (Å²) in [7, 11) is 2.04. The quantitative estimate of drug-likeness (QED) is 0.884. The first-order valence-corrected chi connectivity index (χ1v) is 6.97. The van der Waals surface area contributed by atoms with Gasteiger partial charge in [0.1, 0.15) is 5.75 Å². The van der Waals surface area contributed by atoms with Crippen LogP contribution in [0.3, 0.4) is 0 Å². The van der Waals surface area contributed by atoms with Crippen LogP contribution in [0.1, 0.15) is 10.4 Å². The monoisotopic (exact) mass is 298 g/mol. The number of carbonyl (C=O) groups excluding carboxylic acids is 1. The number of ether oxygens (including phenoxy) is 1. The molecule has 1 heterocycles. The van der Waals surface area contributed by atoms with E-state index in [1.54, 1.807) is 6.07 Å². The standard InChI is InChI=1S/C14H19ClN2O3/c1-17-4-5-20-9-10(8-17)7-16-14(19)12-3-2-11(15)6-13(12)18/h2-3,6,10,18H,4-5,7-9H2,1H3,(H,16,19)/t10-/m1/s1. The van der Waals surface area contributed by atoms with E-state index in [1.807, 2.05) is 7.05 Å². The molecule has 0 aromatic heterocycles. The molecule has 1 aromatic carbocycles. The summed E-state index contributed by atoms with van der Waals surface area (Å²) in [5, 5.41) is 12.9. The zero-order valence-electron chi connectivity index (χ0n) is 11.4. The fourth-order valence-corrected chi connectivity index (χ4v) is 2.37. The molecule has 2 rings (SSSR count). The third-order valence-electron chi connectivity index (χ3n) is 3.30. The number of hydrogen-bond acceptors (Lipinski definition) is 4. The molecule has 1 aromatic rings. The molecular formula is C14H19ClN2O3. The van der Waals surface area contributed by atoms with Gasteiger partial charge in [-0.3, -0.25) is 4.79 Å². The molecule has 20 heavy (non-hydrogen) atoms. The molecule has 0 unspecified atom stereocenters. The first kappa shape index (κ1) is 15.1. The third kappa shape index (κ3) is 4.10. The molecule has 0 saturated carbocycles. The molecule has 1 aliphatic rings. The molecule has 6 heteroatoms. The van der Waals surface area contributed by atoms with Gasteiger partial charge in [0.2, 0.25) is 0 Å². The highest BCUT2D eigenvalue weighted by atomic mass is 35.5. The van der Waals surface area contributed by atoms with Crippen molar-refractivity contribution in [2.75, 3.05) is 39.9 Å². The van der Waals surface area contributed by atoms with Gasteiger partial charge in [0.05, 0.1) is 18.8 Å². The van der Waals surface area contributed by atoms with Crippen molar-refractivity contribution >= 4 is 17.5 Å². The number of amides is 1. The zero-order chi connectivity index (χ0) is 14.5. The second kappa shape index (κ2) is 6.92. The van der Waals surface area contributed by atoms with Gasteiger partial charge in [0.15, 0.2) is 0 Å². The van der Waals surface area contributed by atoms with Crippen molar-refractivity contribution in [2.24, 2.45) is 5.92 Å². The Bertz CT molecular complexity index is 481. The predicted octanol–water partition coefficient (Wildman–Crippen LogP) is 1.35. The van der Waals surface area contributed by atoms with Gasteiger partial charge in [-0.15, -0.1) is 0 Å². The molecule has 2 N–H and O–H groups in total. The molecule has 1 aliphatic heterocycles. The molecule has 1 amide bonds. The number of nitrogens with zero attached hydrogens (tertiary/aromatic N) is 1. The van der Waals surface area contributed by atoms with Crippen molar-refractivity contribution in [1.29, 1.82) is 0 Å². The first-order valence-electron chi connectivity index (χ1n) is 6.59. The lowest BCUT2D eigenvalue weighted by molar-refractivity contribution is 0.0919. The van der Waals surface area contributed by atoms with Crippen molar-refractivity contribution < 1.29 is 14.6 Å². The van der Waals surface area contributed by atoms with Gasteiger partial charge in [-0.05, 0) is 25.2 Å². The fraction of sp³-hybridized carbons (Fsp3) is 0.500. The number of phenolic OH excluding ortho intramolecular Hbond substituents is 1. The average Bonchev–Trinajstić information content (AvgIpc) is 2.60. The van der Waals surface area contributed by atoms with Crippen LogP contribution in [0.5, 0.6) is 5.75 Å². The zero-order valence-corrected chi connectivity index (χ0v) is 12.2. The van der Waals surface area contributed by atoms with E-state index in [0.717, 1.165) is 19.7 Å². The van der Waals surface area contributed by atoms with Crippen LogP contribution in [0.15, 0.2) is 18.2 Å². The van der Waals surface area contributed by atoms with Crippen LogP contribution < -0.4 is 5.32 Å². The summed E-state index contributed by atoms with van der Waals surface area (Å²) in [5.74, 6) is -0.156. The second-order valence-corrected chi connectivity index (χ2v) is 5.51. The highest BCUT2D eigenvalue weighted by molar-refractivity contribution is 6.30. The largest absolute Gasteiger partial charge is 0.507 e. The van der Waals surface area contributed by atoms with Gasteiger partial charge in [-0.25, -0.2) is 0 Å². The van der Waals surface area contributed by atoms with Crippen molar-refractivity contribution in [3.05, 3.63) is 28.8 Å². The Morgan fingerprint density at radius 2 is 2.40 bits per heavy atom. The summed E-state index contributed by atoms with van der Waals surface area (Å²) < 4.78 is 5.50. The van der Waals surface area contributed by atoms with Crippen LogP contribution in [0.4, 0.5) is 0 Å². The normalized spacial score (nSPS) is 20.4. The highest BCUT2D eigenvalue weighted by Gasteiger charge is 2.18. The maximum atomic E-state index is 12.0. The number of nitrogens with one attached hydrogen (secondary N) is 1. The van der Waals surface area contributed by atoms with E-state index in [0.29, 0.717) is 18.2 Å². The van der Waals surface area contributed by atoms with Crippen LogP contribution in [0, 0.1) is 5.92 Å². The lowest BCUT2D eigenvalue weighted by atomic mass is 10.1. The van der Waals surface area contributed by atoms with Crippen molar-refractivity contribution in [1.82, 2.24) is 10.2 Å². The molecule has 1 saturated heterocycles. The van der Waals surface area contributed by atoms with Crippen molar-refractivity contribution in [3.63, 3.8) is 0 Å². The summed E-state index contributed by atoms with van der Waals surface area (Å²) in [6.45, 7) is 3.66. The lowest BCUT2D eigenvalue weighted by Gasteiger charge is -2.19. The summed E-state index contributed by atoms with van der Waals surface area (Å²) in [5.41, 5.74) is 0.234. The molecule has 5 nitrogen and oxygen atoms in total. The molecule has 0 aliphatic carbocycles. The van der Waals surface area contributed by atoms with Gasteiger partial charge in [0.25, 0.3) is 5.91 Å². The predicted molar refractivity (Wildman–Crippen MR) is 77.3 cm³/mol. The topological polar surface area (TPSA) is 61.8 Å². The number of rotatable bonds is 3. The molecule has 110 valence electrons. The van der Waals surface area contributed by atoms with Crippen LogP contribution in [0.25, 0.3) is 0 Å². The number of halogens is 1. The first-order chi connectivity index (χ1) is 9.56. The minimum atomic E-state index is -0.300. The Morgan fingerprint density at radius 3 is 3.15 bits per heavy atom. The summed E-state index contributed by atoms with van der Waals surface area (Å²) in [6.07, 6.45) is 0. The summed E-state index contributed by atoms with van der Waals surface area (Å²) in [4.78, 5) is 14.2. The van der Waals surface area contributed by atoms with Gasteiger partial charge >= 0.3 is 0 Å². The minimum Gasteiger partial charge on any atom is -0.507 e. The number of likely N-dealkylation sites (N-methyl/N-ethyl adjacent to an activating group) is 1. The number of phenols is 1. The minimum absolute atomic E-state index is 0.107. The van der Waals surface area contributed by atoms with Crippen LogP contribution in [-0.4, -0.2) is 55.8 Å². The maximum absolute atomic E-state index is 12.0. The van der Waals surface area contributed by atoms with Crippen LogP contribution >= 0.6 is 11.6 Å². The van der Waals surface area contributed by atoms with Gasteiger partial charge in [-0.2, -0.15) is 0 Å². The number of hydrogen-bond donors (Lipinski definition) is 2. The second-order valence-electron chi connectivity index (χ2n) is 5.07. The van der Waals surface area contributed by atoms with Gasteiger partial charge < -0.3 is 20.1 Å². The molecule has 0 radical (unpaired) electrons. The number of aromatic hydroxyl groups is 1. The average molecular weight is 299 g/mol. The van der Waals surface area contributed by atoms with Crippen LogP contribution in [0.2, 0.25) is 5.02 Å². The SMILES string of the molecule is CN1CCOC[C@H](CNC(=O)c2ccc(Cl)cc2O)C1. The van der Waals surface area contributed by atoms with E-state index in [-0.39, 0.29) is 23.1 Å². The molecule has 0 bridgehead atoms. The van der Waals surface area contributed by atoms with E-state index < -0.39 is 0 Å². The van der Waals surface area contributed by atoms with E-state index in [1.165, 1.54) is 12.1 Å². The van der Waals surface area contributed by atoms with E-state index >= 15 is 0 Å². The van der Waals surface area contributed by atoms with Crippen molar-refractivity contribution in [2.45, 2.75) is 0 Å². The van der Waals surface area contributed by atoms with E-state index in [2.05, 4.69) is 10.2 Å². The van der Waals surface area contributed by atoms with Gasteiger partial charge in [-0.1, -0.05) is 11.6 Å². The number of benzene rings is 1. The molecule has 1 fully saturated rings. The van der Waals surface area contributed by atoms with E-state index in [4.69, 9.17) is 16.3 Å². The van der Waals surface area contributed by atoms with Gasteiger partial charge in [0, 0.05) is 30.6 Å². The maximum Gasteiger partial charge on any atom is 0.255 e. The van der Waals surface area contributed by atoms with E-state index in [9.17, 15) is 9.90 Å². The Labute approximate surface area is 123 Å². The van der Waals surface area contributed by atoms with Crippen molar-refractivity contribution in [3.8, 4) is 5.75 Å².